The number of nitrogens with one attached hydrogen (secondary N) is 1. The van der Waals surface area contributed by atoms with Crippen molar-refractivity contribution in [2.45, 2.75) is 31.8 Å². The standard InChI is InChI=1S/C23H25N3O4/c1-2-30-19-11-9-18(10-12-19)20(27)25-14-6-13-23(16-25)21(28)26(22(29)24-23)15-17-7-4-3-5-8-17/h3-5,7-12H,2,6,13-16H2,1H3,(H,24,29)/t23-/m0/s1. The van der Waals surface area contributed by atoms with E-state index in [2.05, 4.69) is 5.32 Å². The molecule has 2 aromatic rings. The van der Waals surface area contributed by atoms with Crippen molar-refractivity contribution in [1.29, 1.82) is 0 Å². The fourth-order valence-corrected chi connectivity index (χ4v) is 4.13. The Morgan fingerprint density at radius 3 is 2.53 bits per heavy atom. The van der Waals surface area contributed by atoms with Gasteiger partial charge in [0.05, 0.1) is 19.7 Å². The smallest absolute Gasteiger partial charge is 0.325 e. The summed E-state index contributed by atoms with van der Waals surface area (Å²) in [6.45, 7) is 3.41. The van der Waals surface area contributed by atoms with E-state index < -0.39 is 11.6 Å². The lowest BCUT2D eigenvalue weighted by atomic mass is 9.88. The highest BCUT2D eigenvalue weighted by Crippen LogP contribution is 2.30. The van der Waals surface area contributed by atoms with E-state index >= 15 is 0 Å². The lowest BCUT2D eigenvalue weighted by molar-refractivity contribution is -0.133. The zero-order valence-corrected chi connectivity index (χ0v) is 17.0. The van der Waals surface area contributed by atoms with Crippen LogP contribution in [0, 0.1) is 0 Å². The molecule has 2 heterocycles. The molecule has 2 aliphatic rings. The highest BCUT2D eigenvalue weighted by molar-refractivity contribution is 6.07. The summed E-state index contributed by atoms with van der Waals surface area (Å²) in [6, 6.07) is 16.0. The molecule has 2 aliphatic heterocycles. The van der Waals surface area contributed by atoms with E-state index in [-0.39, 0.29) is 24.9 Å². The molecule has 4 amide bonds. The Balaban J connectivity index is 1.49. The van der Waals surface area contributed by atoms with Gasteiger partial charge in [0.2, 0.25) is 0 Å². The SMILES string of the molecule is CCOc1ccc(C(=O)N2CCC[C@@]3(C2)NC(=O)N(Cc2ccccc2)C3=O)cc1. The fourth-order valence-electron chi connectivity index (χ4n) is 4.13. The number of urea groups is 1. The van der Waals surface area contributed by atoms with E-state index in [9.17, 15) is 14.4 Å². The van der Waals surface area contributed by atoms with Crippen LogP contribution in [-0.4, -0.2) is 52.9 Å². The Hall–Kier alpha value is -3.35. The van der Waals surface area contributed by atoms with Gasteiger partial charge in [0.1, 0.15) is 11.3 Å². The fraction of sp³-hybridized carbons (Fsp3) is 0.348. The minimum absolute atomic E-state index is 0.152. The van der Waals surface area contributed by atoms with Crippen LogP contribution in [0.3, 0.4) is 0 Å². The second-order valence-corrected chi connectivity index (χ2v) is 7.68. The van der Waals surface area contributed by atoms with Gasteiger partial charge in [-0.2, -0.15) is 0 Å². The molecule has 0 aliphatic carbocycles. The van der Waals surface area contributed by atoms with Gasteiger partial charge in [0.15, 0.2) is 0 Å². The van der Waals surface area contributed by atoms with E-state index in [0.717, 1.165) is 5.56 Å². The predicted octanol–water partition coefficient (Wildman–Crippen LogP) is 2.81. The molecule has 4 rings (SSSR count). The maximum Gasteiger partial charge on any atom is 0.325 e. The molecule has 0 unspecified atom stereocenters. The maximum absolute atomic E-state index is 13.2. The number of hydrogen-bond acceptors (Lipinski definition) is 4. The first-order chi connectivity index (χ1) is 14.5. The molecular weight excluding hydrogens is 382 g/mol. The second-order valence-electron chi connectivity index (χ2n) is 7.68. The number of piperidine rings is 1. The minimum atomic E-state index is -1.05. The predicted molar refractivity (Wildman–Crippen MR) is 111 cm³/mol. The van der Waals surface area contributed by atoms with Crippen molar-refractivity contribution in [3.8, 4) is 5.75 Å². The van der Waals surface area contributed by atoms with Crippen molar-refractivity contribution in [2.75, 3.05) is 19.7 Å². The summed E-state index contributed by atoms with van der Waals surface area (Å²) >= 11 is 0. The van der Waals surface area contributed by atoms with Gasteiger partial charge in [0, 0.05) is 12.1 Å². The van der Waals surface area contributed by atoms with Crippen LogP contribution in [0.25, 0.3) is 0 Å². The highest BCUT2D eigenvalue weighted by Gasteiger charge is 2.53. The Labute approximate surface area is 175 Å². The average Bonchev–Trinajstić information content (AvgIpc) is 2.98. The number of nitrogens with zero attached hydrogens (tertiary/aromatic N) is 2. The molecule has 0 saturated carbocycles. The van der Waals surface area contributed by atoms with Crippen LogP contribution in [0.2, 0.25) is 0 Å². The van der Waals surface area contributed by atoms with E-state index in [1.165, 1.54) is 4.90 Å². The summed E-state index contributed by atoms with van der Waals surface area (Å²) in [5.74, 6) is 0.292. The Morgan fingerprint density at radius 1 is 1.10 bits per heavy atom. The monoisotopic (exact) mass is 407 g/mol. The van der Waals surface area contributed by atoms with Crippen LogP contribution in [0.5, 0.6) is 5.75 Å². The van der Waals surface area contributed by atoms with Crippen LogP contribution < -0.4 is 10.1 Å². The summed E-state index contributed by atoms with van der Waals surface area (Å²) in [4.78, 5) is 41.7. The first-order valence-electron chi connectivity index (χ1n) is 10.2. The molecule has 2 saturated heterocycles. The number of carbonyl (C=O) groups is 3. The Bertz CT molecular complexity index is 945. The molecule has 7 nitrogen and oxygen atoms in total. The van der Waals surface area contributed by atoms with Crippen LogP contribution in [0.15, 0.2) is 54.6 Å². The lowest BCUT2D eigenvalue weighted by Gasteiger charge is -2.38. The van der Waals surface area contributed by atoms with Crippen molar-refractivity contribution >= 4 is 17.8 Å². The number of hydrogen-bond donors (Lipinski definition) is 1. The zero-order valence-electron chi connectivity index (χ0n) is 17.0. The summed E-state index contributed by atoms with van der Waals surface area (Å²) in [5.41, 5.74) is 0.370. The van der Waals surface area contributed by atoms with Gasteiger partial charge in [0.25, 0.3) is 11.8 Å². The van der Waals surface area contributed by atoms with Crippen molar-refractivity contribution in [3.63, 3.8) is 0 Å². The molecule has 0 aromatic heterocycles. The van der Waals surface area contributed by atoms with Gasteiger partial charge in [-0.15, -0.1) is 0 Å². The maximum atomic E-state index is 13.2. The van der Waals surface area contributed by atoms with Gasteiger partial charge >= 0.3 is 6.03 Å². The molecular formula is C23H25N3O4. The molecule has 1 spiro atoms. The summed E-state index contributed by atoms with van der Waals surface area (Å²) in [5, 5.41) is 2.88. The number of amides is 4. The van der Waals surface area contributed by atoms with Gasteiger partial charge in [-0.25, -0.2) is 4.79 Å². The molecule has 0 radical (unpaired) electrons. The number of ether oxygens (including phenoxy) is 1. The average molecular weight is 407 g/mol. The summed E-state index contributed by atoms with van der Waals surface area (Å²) in [6.07, 6.45) is 1.17. The molecule has 1 N–H and O–H groups in total. The van der Waals surface area contributed by atoms with Crippen molar-refractivity contribution in [2.24, 2.45) is 0 Å². The van der Waals surface area contributed by atoms with Gasteiger partial charge < -0.3 is 15.0 Å². The minimum Gasteiger partial charge on any atom is -0.494 e. The lowest BCUT2D eigenvalue weighted by Crippen LogP contribution is -2.59. The molecule has 0 bridgehead atoms. The molecule has 7 heteroatoms. The molecule has 30 heavy (non-hydrogen) atoms. The normalized spacial score (nSPS) is 21.1. The Morgan fingerprint density at radius 2 is 1.83 bits per heavy atom. The third-order valence-corrected chi connectivity index (χ3v) is 5.62. The number of likely N-dealkylation sites (tertiary alicyclic amines) is 1. The van der Waals surface area contributed by atoms with Crippen LogP contribution in [0.1, 0.15) is 35.7 Å². The first-order valence-corrected chi connectivity index (χ1v) is 10.2. The second kappa shape index (κ2) is 8.18. The molecule has 156 valence electrons. The van der Waals surface area contributed by atoms with Crippen molar-refractivity contribution in [3.05, 3.63) is 65.7 Å². The Kier molecular flexibility index (Phi) is 5.44. The van der Waals surface area contributed by atoms with E-state index in [1.807, 2.05) is 37.3 Å². The van der Waals surface area contributed by atoms with Crippen molar-refractivity contribution < 1.29 is 19.1 Å². The third-order valence-electron chi connectivity index (χ3n) is 5.62. The first kappa shape index (κ1) is 19.9. The van der Waals surface area contributed by atoms with Crippen LogP contribution in [0.4, 0.5) is 4.79 Å². The summed E-state index contributed by atoms with van der Waals surface area (Å²) in [7, 11) is 0. The highest BCUT2D eigenvalue weighted by atomic mass is 16.5. The number of benzene rings is 2. The molecule has 2 fully saturated rings. The van der Waals surface area contributed by atoms with E-state index in [1.54, 1.807) is 29.2 Å². The van der Waals surface area contributed by atoms with Gasteiger partial charge in [-0.05, 0) is 49.6 Å². The molecule has 1 atom stereocenters. The number of carbonyl (C=O) groups excluding carboxylic acids is 3. The van der Waals surface area contributed by atoms with Gasteiger partial charge in [-0.3, -0.25) is 14.5 Å². The number of imide groups is 1. The van der Waals surface area contributed by atoms with Crippen molar-refractivity contribution in [1.82, 2.24) is 15.1 Å². The van der Waals surface area contributed by atoms with E-state index in [4.69, 9.17) is 4.74 Å². The largest absolute Gasteiger partial charge is 0.494 e. The van der Waals surface area contributed by atoms with Crippen LogP contribution in [-0.2, 0) is 11.3 Å². The quantitative estimate of drug-likeness (QED) is 0.773. The van der Waals surface area contributed by atoms with E-state index in [0.29, 0.717) is 37.3 Å². The number of rotatable bonds is 5. The third kappa shape index (κ3) is 3.75. The van der Waals surface area contributed by atoms with Crippen LogP contribution >= 0.6 is 0 Å². The summed E-state index contributed by atoms with van der Waals surface area (Å²) < 4.78 is 5.43. The van der Waals surface area contributed by atoms with Gasteiger partial charge in [-0.1, -0.05) is 30.3 Å². The molecule has 2 aromatic carbocycles. The zero-order chi connectivity index (χ0) is 21.1. The topological polar surface area (TPSA) is 79.0 Å².